The number of anilines is 2. The van der Waals surface area contributed by atoms with E-state index in [-0.39, 0.29) is 5.78 Å². The lowest BCUT2D eigenvalue weighted by atomic mass is 9.64. The van der Waals surface area contributed by atoms with E-state index >= 15 is 4.79 Å². The van der Waals surface area contributed by atoms with E-state index in [0.717, 1.165) is 39.4 Å². The molecule has 4 unspecified atom stereocenters. The van der Waals surface area contributed by atoms with Gasteiger partial charge in [0.05, 0.1) is 60.4 Å². The zero-order chi connectivity index (χ0) is 37.2. The molecule has 0 amide bonds. The number of carbonyl (C=O) groups is 1. The normalized spacial score (nSPS) is 20.7. The number of hydrogen-bond acceptors (Lipinski definition) is 7. The molecule has 0 bridgehead atoms. The zero-order valence-electron chi connectivity index (χ0n) is 30.2. The Kier molecular flexibility index (Phi) is 9.48. The molecule has 2 aliphatic heterocycles. The molecule has 0 radical (unpaired) electrons. The third-order valence-corrected chi connectivity index (χ3v) is 10.7. The molecule has 4 atom stereocenters. The van der Waals surface area contributed by atoms with Gasteiger partial charge in [0.2, 0.25) is 0 Å². The number of para-hydroxylation sites is 2. The van der Waals surface area contributed by atoms with E-state index < -0.39 is 23.4 Å². The standard InChI is InChI=1S/C46H39ClN4O3/c1-46(43(33-23-29-39(54-3)30-24-33)49-51(37-17-11-6-12-18-37)44(46)34-13-7-4-8-14-34)45(52)40-41(31-21-27-38(53-2)28-22-31)48-50(36-15-9-5-10-16-36)42(40)32-19-25-35(47)26-20-32/h4-30,40,42,44H,1-3H3. The van der Waals surface area contributed by atoms with Crippen LogP contribution in [0.2, 0.25) is 5.02 Å². The Bertz CT molecular complexity index is 2300. The number of carbonyl (C=O) groups excluding carboxylic acids is 1. The first-order valence-electron chi connectivity index (χ1n) is 17.9. The third kappa shape index (κ3) is 6.20. The Labute approximate surface area is 320 Å². The van der Waals surface area contributed by atoms with Crippen molar-refractivity contribution in [3.8, 4) is 11.5 Å². The van der Waals surface area contributed by atoms with Crippen LogP contribution in [-0.4, -0.2) is 31.4 Å². The summed E-state index contributed by atoms with van der Waals surface area (Å²) in [5, 5.41) is 15.4. The van der Waals surface area contributed by atoms with Crippen molar-refractivity contribution in [2.45, 2.75) is 19.0 Å². The molecular formula is C46H39ClN4O3. The van der Waals surface area contributed by atoms with E-state index in [9.17, 15) is 0 Å². The minimum absolute atomic E-state index is 0.0164. The molecular weight excluding hydrogens is 692 g/mol. The highest BCUT2D eigenvalue weighted by molar-refractivity contribution is 6.30. The van der Waals surface area contributed by atoms with E-state index in [1.54, 1.807) is 14.2 Å². The van der Waals surface area contributed by atoms with Gasteiger partial charge < -0.3 is 9.47 Å². The van der Waals surface area contributed by atoms with Crippen LogP contribution in [0.5, 0.6) is 11.5 Å². The molecule has 0 aromatic heterocycles. The van der Waals surface area contributed by atoms with Crippen LogP contribution in [0.15, 0.2) is 174 Å². The van der Waals surface area contributed by atoms with Gasteiger partial charge in [0, 0.05) is 5.02 Å². The monoisotopic (exact) mass is 730 g/mol. The van der Waals surface area contributed by atoms with Gasteiger partial charge in [-0.3, -0.25) is 14.8 Å². The van der Waals surface area contributed by atoms with E-state index in [1.165, 1.54) is 0 Å². The van der Waals surface area contributed by atoms with E-state index in [0.29, 0.717) is 22.2 Å². The van der Waals surface area contributed by atoms with Gasteiger partial charge in [-0.25, -0.2) is 0 Å². The number of methoxy groups -OCH3 is 2. The first-order chi connectivity index (χ1) is 26.4. The Morgan fingerprint density at radius 1 is 0.593 bits per heavy atom. The van der Waals surface area contributed by atoms with Crippen LogP contribution in [-0.2, 0) is 4.79 Å². The minimum Gasteiger partial charge on any atom is -0.497 e. The van der Waals surface area contributed by atoms with Gasteiger partial charge in [-0.15, -0.1) is 0 Å². The maximum atomic E-state index is 16.5. The van der Waals surface area contributed by atoms with Crippen LogP contribution >= 0.6 is 11.6 Å². The second-order valence-corrected chi connectivity index (χ2v) is 14.0. The summed E-state index contributed by atoms with van der Waals surface area (Å²) < 4.78 is 11.1. The highest BCUT2D eigenvalue weighted by Crippen LogP contribution is 2.54. The minimum atomic E-state index is -1.19. The molecule has 0 saturated carbocycles. The number of benzene rings is 6. The first kappa shape index (κ1) is 34.9. The maximum absolute atomic E-state index is 16.5. The highest BCUT2D eigenvalue weighted by atomic mass is 35.5. The largest absolute Gasteiger partial charge is 0.497 e. The fourth-order valence-electron chi connectivity index (χ4n) is 7.81. The van der Waals surface area contributed by atoms with Crippen molar-refractivity contribution in [2.75, 3.05) is 24.2 Å². The number of Topliss-reactive ketones (excluding diaryl/α,β-unsaturated/α-hetero) is 1. The van der Waals surface area contributed by atoms with Crippen LogP contribution in [0.3, 0.4) is 0 Å². The van der Waals surface area contributed by atoms with E-state index in [2.05, 4.69) is 19.1 Å². The van der Waals surface area contributed by atoms with Crippen molar-refractivity contribution >= 4 is 40.2 Å². The summed E-state index contributed by atoms with van der Waals surface area (Å²) in [5.41, 5.74) is 5.40. The van der Waals surface area contributed by atoms with Gasteiger partial charge in [0.25, 0.3) is 0 Å². The molecule has 0 spiro atoms. The SMILES string of the molecule is COc1ccc(C2=NN(c3ccccc3)C(c3ccc(Cl)cc3)C2C(=O)C2(C)C(c3ccc(OC)cc3)=NN(c3ccccc3)C2c2ccccc2)cc1. The Morgan fingerprint density at radius 3 is 1.63 bits per heavy atom. The fraction of sp³-hybridized carbons (Fsp3) is 0.152. The van der Waals surface area contributed by atoms with Crippen molar-refractivity contribution in [1.29, 1.82) is 0 Å². The van der Waals surface area contributed by atoms with Gasteiger partial charge >= 0.3 is 0 Å². The molecule has 2 aliphatic rings. The second kappa shape index (κ2) is 14.7. The lowest BCUT2D eigenvalue weighted by Gasteiger charge is -2.39. The van der Waals surface area contributed by atoms with Crippen LogP contribution in [0.1, 0.15) is 41.3 Å². The summed E-state index contributed by atoms with van der Waals surface area (Å²) in [5.74, 6) is 0.678. The Morgan fingerprint density at radius 2 is 1.09 bits per heavy atom. The van der Waals surface area contributed by atoms with E-state index in [1.807, 2.05) is 162 Å². The van der Waals surface area contributed by atoms with Gasteiger partial charge in [0.15, 0.2) is 5.78 Å². The smallest absolute Gasteiger partial charge is 0.158 e. The number of ether oxygens (including phenoxy) is 2. The molecule has 8 rings (SSSR count). The summed E-state index contributed by atoms with van der Waals surface area (Å²) in [6.07, 6.45) is 0. The summed E-state index contributed by atoms with van der Waals surface area (Å²) in [6, 6.07) is 52.6. The first-order valence-corrected chi connectivity index (χ1v) is 18.3. The number of hydrogen-bond donors (Lipinski definition) is 0. The lowest BCUT2D eigenvalue weighted by molar-refractivity contribution is -0.127. The van der Waals surface area contributed by atoms with Crippen molar-refractivity contribution in [1.82, 2.24) is 0 Å². The average Bonchev–Trinajstić information content (AvgIpc) is 3.79. The summed E-state index contributed by atoms with van der Waals surface area (Å²) in [7, 11) is 3.29. The molecule has 268 valence electrons. The van der Waals surface area contributed by atoms with Crippen LogP contribution < -0.4 is 19.5 Å². The zero-order valence-corrected chi connectivity index (χ0v) is 31.0. The van der Waals surface area contributed by atoms with E-state index in [4.69, 9.17) is 31.3 Å². The van der Waals surface area contributed by atoms with Crippen LogP contribution in [0.25, 0.3) is 0 Å². The molecule has 0 N–H and O–H groups in total. The molecule has 0 aliphatic carbocycles. The van der Waals surface area contributed by atoms with Crippen molar-refractivity contribution < 1.29 is 14.3 Å². The number of nitrogens with zero attached hydrogens (tertiary/aromatic N) is 4. The van der Waals surface area contributed by atoms with Crippen molar-refractivity contribution in [3.63, 3.8) is 0 Å². The van der Waals surface area contributed by atoms with Crippen molar-refractivity contribution in [2.24, 2.45) is 21.5 Å². The van der Waals surface area contributed by atoms with Gasteiger partial charge in [-0.2, -0.15) is 10.2 Å². The van der Waals surface area contributed by atoms with Gasteiger partial charge in [-0.05, 0) is 114 Å². The summed E-state index contributed by atoms with van der Waals surface area (Å²) in [4.78, 5) is 16.5. The van der Waals surface area contributed by atoms with Crippen LogP contribution in [0, 0.1) is 11.3 Å². The molecule has 0 saturated heterocycles. The molecule has 2 heterocycles. The van der Waals surface area contributed by atoms with Gasteiger partial charge in [0.1, 0.15) is 11.5 Å². The number of hydrazone groups is 2. The third-order valence-electron chi connectivity index (χ3n) is 10.5. The Hall–Kier alpha value is -6.18. The quantitative estimate of drug-likeness (QED) is 0.140. The fourth-order valence-corrected chi connectivity index (χ4v) is 7.94. The predicted molar refractivity (Wildman–Crippen MR) is 217 cm³/mol. The Balaban J connectivity index is 1.38. The molecule has 7 nitrogen and oxygen atoms in total. The molecule has 6 aromatic carbocycles. The lowest BCUT2D eigenvalue weighted by Crippen LogP contribution is -2.48. The molecule has 54 heavy (non-hydrogen) atoms. The molecule has 8 heteroatoms. The number of rotatable bonds is 10. The topological polar surface area (TPSA) is 66.7 Å². The number of halogens is 1. The summed E-state index contributed by atoms with van der Waals surface area (Å²) >= 11 is 6.47. The average molecular weight is 731 g/mol. The number of ketones is 1. The summed E-state index contributed by atoms with van der Waals surface area (Å²) in [6.45, 7) is 2.05. The molecule has 6 aromatic rings. The predicted octanol–water partition coefficient (Wildman–Crippen LogP) is 10.2. The molecule has 0 fully saturated rings. The van der Waals surface area contributed by atoms with Crippen molar-refractivity contribution in [3.05, 3.63) is 191 Å². The van der Waals surface area contributed by atoms with Gasteiger partial charge in [-0.1, -0.05) is 90.5 Å². The maximum Gasteiger partial charge on any atom is 0.158 e. The second-order valence-electron chi connectivity index (χ2n) is 13.6. The highest BCUT2D eigenvalue weighted by Gasteiger charge is 2.59. The van der Waals surface area contributed by atoms with Crippen LogP contribution in [0.4, 0.5) is 11.4 Å².